The van der Waals surface area contributed by atoms with E-state index in [1.165, 1.54) is 32.1 Å². The van der Waals surface area contributed by atoms with E-state index in [-0.39, 0.29) is 16.7 Å². The van der Waals surface area contributed by atoms with Gasteiger partial charge in [0, 0.05) is 11.0 Å². The van der Waals surface area contributed by atoms with Gasteiger partial charge in [-0.25, -0.2) is 0 Å². The van der Waals surface area contributed by atoms with E-state index in [1.54, 1.807) is 0 Å². The average molecular weight is 375 g/mol. The van der Waals surface area contributed by atoms with Crippen molar-refractivity contribution in [1.29, 1.82) is 0 Å². The molecule has 0 spiro atoms. The van der Waals surface area contributed by atoms with Crippen LogP contribution in [0.5, 0.6) is 0 Å². The molecule has 3 nitrogen and oxygen atoms in total. The van der Waals surface area contributed by atoms with Crippen LogP contribution in [0.4, 0.5) is 0 Å². The van der Waals surface area contributed by atoms with E-state index in [4.69, 9.17) is 0 Å². The molecule has 0 aromatic carbocycles. The van der Waals surface area contributed by atoms with Crippen molar-refractivity contribution in [2.24, 2.45) is 39.4 Å². The lowest BCUT2D eigenvalue weighted by molar-refractivity contribution is -0.219. The largest absolute Gasteiger partial charge is 0.392 e. The summed E-state index contributed by atoms with van der Waals surface area (Å²) >= 11 is 0. The lowest BCUT2D eigenvalue weighted by Crippen LogP contribution is -2.65. The van der Waals surface area contributed by atoms with Gasteiger partial charge in [-0.3, -0.25) is 4.79 Å². The molecule has 3 heteroatoms. The van der Waals surface area contributed by atoms with Crippen LogP contribution in [-0.2, 0) is 4.79 Å². The average Bonchev–Trinajstić information content (AvgIpc) is 2.58. The number of aliphatic hydroxyl groups excluding tert-OH is 2. The fourth-order valence-corrected chi connectivity index (χ4v) is 8.71. The van der Waals surface area contributed by atoms with Gasteiger partial charge in [0.25, 0.3) is 0 Å². The summed E-state index contributed by atoms with van der Waals surface area (Å²) in [6.45, 7) is 12.0. The predicted octanol–water partition coefficient (Wildman–Crippen LogP) is 4.51. The first-order valence-corrected chi connectivity index (χ1v) is 11.0. The molecule has 4 rings (SSSR count). The zero-order valence-corrected chi connectivity index (χ0v) is 17.8. The molecule has 4 aliphatic carbocycles. The van der Waals surface area contributed by atoms with Crippen LogP contribution in [0, 0.1) is 39.4 Å². The summed E-state index contributed by atoms with van der Waals surface area (Å²) < 4.78 is 0. The minimum atomic E-state index is -0.684. The Morgan fingerprint density at radius 3 is 2.26 bits per heavy atom. The van der Waals surface area contributed by atoms with Gasteiger partial charge in [0.2, 0.25) is 0 Å². The van der Waals surface area contributed by atoms with Gasteiger partial charge in [0.05, 0.1) is 12.2 Å². The van der Waals surface area contributed by atoms with Gasteiger partial charge in [0.15, 0.2) is 0 Å². The van der Waals surface area contributed by atoms with Crippen molar-refractivity contribution < 1.29 is 15.0 Å². The maximum absolute atomic E-state index is 11.5. The lowest BCUT2D eigenvalue weighted by Gasteiger charge is -2.69. The summed E-state index contributed by atoms with van der Waals surface area (Å²) in [5.41, 5.74) is 0.800. The SMILES string of the molecule is CC1(C)CCCC2(C)C1CCC1(C)C3CC(O)C(C=O)=CC3(C)C(O)CC21. The Hall–Kier alpha value is -0.670. The maximum atomic E-state index is 11.5. The summed E-state index contributed by atoms with van der Waals surface area (Å²) in [6, 6.07) is 0. The Morgan fingerprint density at radius 2 is 1.59 bits per heavy atom. The van der Waals surface area contributed by atoms with Crippen LogP contribution in [0.1, 0.15) is 79.6 Å². The molecule has 4 aliphatic rings. The summed E-state index contributed by atoms with van der Waals surface area (Å²) in [6.07, 6.45) is 9.29. The Balaban J connectivity index is 1.79. The number of rotatable bonds is 1. The van der Waals surface area contributed by atoms with Crippen molar-refractivity contribution in [2.45, 2.75) is 91.8 Å². The topological polar surface area (TPSA) is 57.5 Å². The van der Waals surface area contributed by atoms with Crippen LogP contribution in [0.2, 0.25) is 0 Å². The highest BCUT2D eigenvalue weighted by atomic mass is 16.3. The summed E-state index contributed by atoms with van der Waals surface area (Å²) in [5, 5.41) is 21.9. The molecular weight excluding hydrogens is 336 g/mol. The number of carbonyl (C=O) groups is 1. The molecule has 8 unspecified atom stereocenters. The Bertz CT molecular complexity index is 667. The van der Waals surface area contributed by atoms with E-state index < -0.39 is 17.6 Å². The molecule has 0 aromatic heterocycles. The molecule has 0 heterocycles. The van der Waals surface area contributed by atoms with Crippen molar-refractivity contribution in [2.75, 3.05) is 0 Å². The van der Waals surface area contributed by atoms with Crippen molar-refractivity contribution in [1.82, 2.24) is 0 Å². The molecule has 3 fully saturated rings. The number of hydrogen-bond acceptors (Lipinski definition) is 3. The number of carbonyl (C=O) groups excluding carboxylic acids is 1. The van der Waals surface area contributed by atoms with Gasteiger partial charge in [-0.15, -0.1) is 0 Å². The summed E-state index contributed by atoms with van der Waals surface area (Å²) in [5.74, 6) is 1.41. The van der Waals surface area contributed by atoms with Gasteiger partial charge >= 0.3 is 0 Å². The van der Waals surface area contributed by atoms with E-state index >= 15 is 0 Å². The highest BCUT2D eigenvalue weighted by molar-refractivity contribution is 5.75. The first-order valence-electron chi connectivity index (χ1n) is 11.0. The lowest BCUT2D eigenvalue weighted by atomic mass is 9.36. The number of fused-ring (bicyclic) bond motifs is 5. The second kappa shape index (κ2) is 5.92. The smallest absolute Gasteiger partial charge is 0.148 e. The van der Waals surface area contributed by atoms with Crippen LogP contribution in [0.3, 0.4) is 0 Å². The van der Waals surface area contributed by atoms with E-state index in [2.05, 4.69) is 34.6 Å². The normalized spacial score (nSPS) is 54.2. The summed E-state index contributed by atoms with van der Waals surface area (Å²) in [7, 11) is 0. The number of aliphatic hydroxyl groups is 2. The molecule has 8 atom stereocenters. The van der Waals surface area contributed by atoms with Crippen molar-refractivity contribution in [3.8, 4) is 0 Å². The standard InChI is InChI=1S/C24H38O3/c1-21(2)8-6-9-22(3)17(21)7-10-23(4)18-11-16(26)15(14-25)13-24(18,5)20(27)12-19(22)23/h13-14,16-20,26-27H,6-12H2,1-5H3. The maximum Gasteiger partial charge on any atom is 0.148 e. The molecule has 2 N–H and O–H groups in total. The van der Waals surface area contributed by atoms with Crippen LogP contribution in [-0.4, -0.2) is 28.7 Å². The third-order valence-electron chi connectivity index (χ3n) is 10.0. The van der Waals surface area contributed by atoms with Gasteiger partial charge in [-0.05, 0) is 72.5 Å². The van der Waals surface area contributed by atoms with Gasteiger partial charge in [-0.1, -0.05) is 47.1 Å². The molecule has 0 radical (unpaired) electrons. The second-order valence-electron chi connectivity index (χ2n) is 11.7. The molecule has 0 aromatic rings. The van der Waals surface area contributed by atoms with Crippen LogP contribution in [0.25, 0.3) is 0 Å². The fourth-order valence-electron chi connectivity index (χ4n) is 8.71. The predicted molar refractivity (Wildman–Crippen MR) is 107 cm³/mol. The van der Waals surface area contributed by atoms with E-state index in [0.29, 0.717) is 29.2 Å². The van der Waals surface area contributed by atoms with E-state index in [0.717, 1.165) is 12.7 Å². The molecule has 152 valence electrons. The van der Waals surface area contributed by atoms with Crippen molar-refractivity contribution in [3.05, 3.63) is 11.6 Å². The van der Waals surface area contributed by atoms with Gasteiger partial charge in [-0.2, -0.15) is 0 Å². The molecule has 0 saturated heterocycles. The Kier molecular flexibility index (Phi) is 4.31. The quantitative estimate of drug-likeness (QED) is 0.664. The van der Waals surface area contributed by atoms with Crippen molar-refractivity contribution >= 4 is 6.29 Å². The number of hydrogen-bond donors (Lipinski definition) is 2. The highest BCUT2D eigenvalue weighted by Crippen LogP contribution is 2.72. The van der Waals surface area contributed by atoms with Crippen LogP contribution in [0.15, 0.2) is 11.6 Å². The Labute approximate surface area is 164 Å². The minimum absolute atomic E-state index is 0.110. The monoisotopic (exact) mass is 374 g/mol. The van der Waals surface area contributed by atoms with Crippen LogP contribution < -0.4 is 0 Å². The molecule has 0 bridgehead atoms. The zero-order chi connectivity index (χ0) is 19.8. The number of aldehydes is 1. The minimum Gasteiger partial charge on any atom is -0.392 e. The Morgan fingerprint density at radius 1 is 0.926 bits per heavy atom. The summed E-state index contributed by atoms with van der Waals surface area (Å²) in [4.78, 5) is 11.5. The molecule has 0 amide bonds. The molecule has 27 heavy (non-hydrogen) atoms. The van der Waals surface area contributed by atoms with Crippen LogP contribution >= 0.6 is 0 Å². The zero-order valence-electron chi connectivity index (χ0n) is 17.8. The molecule has 0 aliphatic heterocycles. The third kappa shape index (κ3) is 2.50. The van der Waals surface area contributed by atoms with Gasteiger partial charge < -0.3 is 10.2 Å². The molecular formula is C24H38O3. The van der Waals surface area contributed by atoms with Crippen molar-refractivity contribution in [3.63, 3.8) is 0 Å². The van der Waals surface area contributed by atoms with E-state index in [1.807, 2.05) is 6.08 Å². The highest BCUT2D eigenvalue weighted by Gasteiger charge is 2.66. The van der Waals surface area contributed by atoms with Gasteiger partial charge in [0.1, 0.15) is 6.29 Å². The third-order valence-corrected chi connectivity index (χ3v) is 10.0. The first-order chi connectivity index (χ1) is 12.5. The molecule has 3 saturated carbocycles. The second-order valence-corrected chi connectivity index (χ2v) is 11.7. The fraction of sp³-hybridized carbons (Fsp3) is 0.875. The first kappa shape index (κ1) is 19.6. The van der Waals surface area contributed by atoms with E-state index in [9.17, 15) is 15.0 Å².